The number of carboxylic acids is 1. The molecule has 2 aromatic heterocycles. The zero-order valence-corrected chi connectivity index (χ0v) is 9.82. The number of aromatic carboxylic acids is 1. The van der Waals surface area contributed by atoms with Crippen LogP contribution in [0.1, 0.15) is 10.4 Å². The Kier molecular flexibility index (Phi) is 2.42. The summed E-state index contributed by atoms with van der Waals surface area (Å²) in [6, 6.07) is 10.1. The molecule has 3 aromatic rings. The fourth-order valence-electron chi connectivity index (χ4n) is 1.77. The van der Waals surface area contributed by atoms with Gasteiger partial charge in [0.25, 0.3) is 0 Å². The zero-order chi connectivity index (χ0) is 13.4. The maximum Gasteiger partial charge on any atom is 0.335 e. The van der Waals surface area contributed by atoms with Gasteiger partial charge in [0.1, 0.15) is 0 Å². The van der Waals surface area contributed by atoms with E-state index < -0.39 is 5.97 Å². The van der Waals surface area contributed by atoms with Gasteiger partial charge in [0.05, 0.1) is 5.56 Å². The van der Waals surface area contributed by atoms with Gasteiger partial charge in [-0.3, -0.25) is 0 Å². The number of anilines is 1. The topological polar surface area (TPSA) is 93.5 Å². The molecule has 6 heteroatoms. The van der Waals surface area contributed by atoms with E-state index >= 15 is 0 Å². The van der Waals surface area contributed by atoms with Crippen LogP contribution in [-0.2, 0) is 0 Å². The summed E-state index contributed by atoms with van der Waals surface area (Å²) in [6.45, 7) is 0. The Morgan fingerprint density at radius 1 is 1.21 bits per heavy atom. The molecule has 0 unspecified atom stereocenters. The molecule has 3 rings (SSSR count). The van der Waals surface area contributed by atoms with Crippen molar-refractivity contribution in [3.8, 4) is 11.4 Å². The molecule has 0 saturated carbocycles. The summed E-state index contributed by atoms with van der Waals surface area (Å²) < 4.78 is 1.54. The standard InChI is InChI=1S/C13H10N4O2/c14-10-3-1-8(2-4-10)12-15-11-7-9(13(18)19)5-6-17(11)16-12/h1-7H,14H2,(H,18,19). The SMILES string of the molecule is Nc1ccc(-c2nc3cc(C(=O)O)ccn3n2)cc1. The lowest BCUT2D eigenvalue weighted by Crippen LogP contribution is -1.97. The van der Waals surface area contributed by atoms with Gasteiger partial charge in [-0.05, 0) is 36.4 Å². The highest BCUT2D eigenvalue weighted by Crippen LogP contribution is 2.18. The van der Waals surface area contributed by atoms with Crippen LogP contribution in [0.2, 0.25) is 0 Å². The van der Waals surface area contributed by atoms with Crippen molar-refractivity contribution in [2.45, 2.75) is 0 Å². The molecule has 94 valence electrons. The number of fused-ring (bicyclic) bond motifs is 1. The van der Waals surface area contributed by atoms with E-state index in [0.29, 0.717) is 17.2 Å². The quantitative estimate of drug-likeness (QED) is 0.678. The molecule has 3 N–H and O–H groups in total. The smallest absolute Gasteiger partial charge is 0.335 e. The fourth-order valence-corrected chi connectivity index (χ4v) is 1.77. The summed E-state index contributed by atoms with van der Waals surface area (Å²) >= 11 is 0. The van der Waals surface area contributed by atoms with Crippen LogP contribution in [0.25, 0.3) is 17.0 Å². The third-order valence-electron chi connectivity index (χ3n) is 2.75. The highest BCUT2D eigenvalue weighted by molar-refractivity contribution is 5.88. The van der Waals surface area contributed by atoms with Crippen molar-refractivity contribution in [1.29, 1.82) is 0 Å². The second-order valence-corrected chi connectivity index (χ2v) is 4.08. The van der Waals surface area contributed by atoms with E-state index in [1.807, 2.05) is 12.1 Å². The zero-order valence-electron chi connectivity index (χ0n) is 9.82. The second kappa shape index (κ2) is 4.09. The van der Waals surface area contributed by atoms with Crippen LogP contribution in [-0.4, -0.2) is 25.7 Å². The molecule has 19 heavy (non-hydrogen) atoms. The molecule has 0 bridgehead atoms. The Bertz CT molecular complexity index is 762. The molecular formula is C13H10N4O2. The van der Waals surface area contributed by atoms with Crippen molar-refractivity contribution in [3.05, 3.63) is 48.2 Å². The van der Waals surface area contributed by atoms with Gasteiger partial charge in [0.15, 0.2) is 11.5 Å². The van der Waals surface area contributed by atoms with Crippen molar-refractivity contribution in [1.82, 2.24) is 14.6 Å². The van der Waals surface area contributed by atoms with Crippen LogP contribution < -0.4 is 5.73 Å². The number of rotatable bonds is 2. The number of benzene rings is 1. The summed E-state index contributed by atoms with van der Waals surface area (Å²) in [7, 11) is 0. The van der Waals surface area contributed by atoms with E-state index in [1.165, 1.54) is 16.6 Å². The first-order valence-corrected chi connectivity index (χ1v) is 5.59. The Morgan fingerprint density at radius 2 is 1.95 bits per heavy atom. The average molecular weight is 254 g/mol. The average Bonchev–Trinajstić information content (AvgIpc) is 2.82. The molecular weight excluding hydrogens is 244 g/mol. The molecule has 0 spiro atoms. The van der Waals surface area contributed by atoms with Crippen LogP contribution >= 0.6 is 0 Å². The van der Waals surface area contributed by atoms with Crippen LogP contribution in [0, 0.1) is 0 Å². The molecule has 0 aliphatic rings. The number of nitrogen functional groups attached to an aromatic ring is 1. The van der Waals surface area contributed by atoms with E-state index in [4.69, 9.17) is 10.8 Å². The number of nitrogens with two attached hydrogens (primary N) is 1. The van der Waals surface area contributed by atoms with E-state index in [9.17, 15) is 4.79 Å². The number of hydrogen-bond acceptors (Lipinski definition) is 4. The highest BCUT2D eigenvalue weighted by Gasteiger charge is 2.09. The van der Waals surface area contributed by atoms with Crippen molar-refractivity contribution in [3.63, 3.8) is 0 Å². The lowest BCUT2D eigenvalue weighted by atomic mass is 10.2. The predicted molar refractivity (Wildman–Crippen MR) is 69.8 cm³/mol. The van der Waals surface area contributed by atoms with Crippen molar-refractivity contribution >= 4 is 17.3 Å². The van der Waals surface area contributed by atoms with Crippen molar-refractivity contribution < 1.29 is 9.90 Å². The Balaban J connectivity index is 2.11. The molecule has 0 atom stereocenters. The van der Waals surface area contributed by atoms with E-state index in [-0.39, 0.29) is 5.56 Å². The van der Waals surface area contributed by atoms with Crippen LogP contribution in [0.5, 0.6) is 0 Å². The summed E-state index contributed by atoms with van der Waals surface area (Å²) in [4.78, 5) is 15.2. The van der Waals surface area contributed by atoms with Crippen molar-refractivity contribution in [2.24, 2.45) is 0 Å². The molecule has 0 aliphatic carbocycles. The van der Waals surface area contributed by atoms with Gasteiger partial charge in [0.2, 0.25) is 0 Å². The minimum atomic E-state index is -0.987. The second-order valence-electron chi connectivity index (χ2n) is 4.08. The molecule has 1 aromatic carbocycles. The highest BCUT2D eigenvalue weighted by atomic mass is 16.4. The van der Waals surface area contributed by atoms with Crippen molar-refractivity contribution in [2.75, 3.05) is 5.73 Å². The first-order valence-electron chi connectivity index (χ1n) is 5.59. The van der Waals surface area contributed by atoms with Crippen LogP contribution in [0.4, 0.5) is 5.69 Å². The summed E-state index contributed by atoms with van der Waals surface area (Å²) in [5.74, 6) is -0.456. The normalized spacial score (nSPS) is 10.7. The molecule has 6 nitrogen and oxygen atoms in total. The first-order chi connectivity index (χ1) is 9.13. The van der Waals surface area contributed by atoms with Gasteiger partial charge in [-0.15, -0.1) is 5.10 Å². The van der Waals surface area contributed by atoms with Gasteiger partial charge in [-0.25, -0.2) is 14.3 Å². The maximum absolute atomic E-state index is 10.9. The fraction of sp³-hybridized carbons (Fsp3) is 0. The third kappa shape index (κ3) is 1.99. The third-order valence-corrected chi connectivity index (χ3v) is 2.75. The van der Waals surface area contributed by atoms with Gasteiger partial charge < -0.3 is 10.8 Å². The first kappa shape index (κ1) is 11.2. The molecule has 0 aliphatic heterocycles. The lowest BCUT2D eigenvalue weighted by Gasteiger charge is -1.95. The number of pyridine rings is 1. The Morgan fingerprint density at radius 3 is 2.63 bits per heavy atom. The molecule has 0 saturated heterocycles. The molecule has 0 fully saturated rings. The molecule has 2 heterocycles. The maximum atomic E-state index is 10.9. The van der Waals surface area contributed by atoms with Gasteiger partial charge >= 0.3 is 5.97 Å². The summed E-state index contributed by atoms with van der Waals surface area (Å²) in [5.41, 5.74) is 7.79. The van der Waals surface area contributed by atoms with Crippen LogP contribution in [0.15, 0.2) is 42.6 Å². The van der Waals surface area contributed by atoms with E-state index in [0.717, 1.165) is 5.56 Å². The predicted octanol–water partition coefficient (Wildman–Crippen LogP) is 1.68. The Labute approximate surface area is 108 Å². The number of nitrogens with zero attached hydrogens (tertiary/aromatic N) is 3. The van der Waals surface area contributed by atoms with Crippen LogP contribution in [0.3, 0.4) is 0 Å². The molecule has 0 amide bonds. The van der Waals surface area contributed by atoms with E-state index in [2.05, 4.69) is 10.1 Å². The lowest BCUT2D eigenvalue weighted by molar-refractivity contribution is 0.0697. The summed E-state index contributed by atoms with van der Waals surface area (Å²) in [6.07, 6.45) is 1.58. The number of hydrogen-bond donors (Lipinski definition) is 2. The van der Waals surface area contributed by atoms with Gasteiger partial charge in [-0.1, -0.05) is 0 Å². The minimum absolute atomic E-state index is 0.184. The van der Waals surface area contributed by atoms with Gasteiger partial charge in [0, 0.05) is 17.4 Å². The monoisotopic (exact) mass is 254 g/mol. The minimum Gasteiger partial charge on any atom is -0.478 e. The van der Waals surface area contributed by atoms with Gasteiger partial charge in [-0.2, -0.15) is 0 Å². The number of aromatic nitrogens is 3. The number of carboxylic acid groups (broad SMARTS) is 1. The Hall–Kier alpha value is -2.89. The van der Waals surface area contributed by atoms with E-state index in [1.54, 1.807) is 18.3 Å². The number of carbonyl (C=O) groups is 1. The molecule has 0 radical (unpaired) electrons. The largest absolute Gasteiger partial charge is 0.478 e. The summed E-state index contributed by atoms with van der Waals surface area (Å²) in [5, 5.41) is 13.2.